The van der Waals surface area contributed by atoms with Crippen molar-refractivity contribution in [2.75, 3.05) is 0 Å². The van der Waals surface area contributed by atoms with Gasteiger partial charge in [-0.15, -0.1) is 0 Å². The van der Waals surface area contributed by atoms with Gasteiger partial charge < -0.3 is 20.6 Å². The van der Waals surface area contributed by atoms with Crippen LogP contribution in [-0.2, 0) is 4.79 Å². The van der Waals surface area contributed by atoms with E-state index >= 15 is 0 Å². The van der Waals surface area contributed by atoms with Crippen LogP contribution in [0, 0.1) is 0 Å². The molecule has 1 aliphatic rings. The molecule has 5 nitrogen and oxygen atoms in total. The Kier molecular flexibility index (Phi) is 7.00. The monoisotopic (exact) mass is 309 g/mol. The molecule has 4 atom stereocenters. The van der Waals surface area contributed by atoms with Gasteiger partial charge in [0, 0.05) is 0 Å². The minimum absolute atomic E-state index is 0.0201. The summed E-state index contributed by atoms with van der Waals surface area (Å²) in [7, 11) is 0. The standard InChI is InChI=1S/C17H27NO4/c1-4-6-12(2)14-7-5-8-15(20)17(3,22)10-9-13(19)11-16(21)18-14/h4-6,8,13-15,19-20,22H,1,7,9-11H2,2-3H3,(H,18,21)/b8-5+,12-6+/t13-,14+,15+,17-/m1/s1. The molecule has 0 spiro atoms. The van der Waals surface area contributed by atoms with E-state index in [0.29, 0.717) is 6.42 Å². The van der Waals surface area contributed by atoms with Crippen LogP contribution in [0.1, 0.15) is 39.5 Å². The average molecular weight is 309 g/mol. The lowest BCUT2D eigenvalue weighted by molar-refractivity contribution is -0.124. The van der Waals surface area contributed by atoms with Gasteiger partial charge in [-0.05, 0) is 33.1 Å². The van der Waals surface area contributed by atoms with Crippen molar-refractivity contribution in [2.24, 2.45) is 0 Å². The molecule has 1 heterocycles. The zero-order chi connectivity index (χ0) is 16.8. The molecule has 0 aromatic carbocycles. The van der Waals surface area contributed by atoms with Crippen LogP contribution in [0.3, 0.4) is 0 Å². The molecule has 124 valence electrons. The summed E-state index contributed by atoms with van der Waals surface area (Å²) in [6.45, 7) is 7.05. The summed E-state index contributed by atoms with van der Waals surface area (Å²) in [6, 6.07) is -0.231. The summed E-state index contributed by atoms with van der Waals surface area (Å²) in [6.07, 6.45) is 5.83. The molecule has 0 fully saturated rings. The molecule has 0 radical (unpaired) electrons. The lowest BCUT2D eigenvalue weighted by Crippen LogP contribution is -2.41. The van der Waals surface area contributed by atoms with E-state index in [9.17, 15) is 20.1 Å². The molecule has 0 aromatic heterocycles. The van der Waals surface area contributed by atoms with Crippen LogP contribution < -0.4 is 5.32 Å². The van der Waals surface area contributed by atoms with Gasteiger partial charge in [0.1, 0.15) is 6.10 Å². The SMILES string of the molecule is C=C/C=C(\C)[C@@H]1C/C=C/[C@H](O)[C@](C)(O)CC[C@@H](O)CC(=O)N1. The first-order valence-electron chi connectivity index (χ1n) is 7.60. The van der Waals surface area contributed by atoms with Crippen molar-refractivity contribution >= 4 is 5.91 Å². The maximum Gasteiger partial charge on any atom is 0.223 e. The molecule has 1 aliphatic heterocycles. The number of hydrogen-bond acceptors (Lipinski definition) is 4. The van der Waals surface area contributed by atoms with Crippen LogP contribution >= 0.6 is 0 Å². The minimum atomic E-state index is -1.32. The maximum atomic E-state index is 12.0. The third-order valence-corrected chi connectivity index (χ3v) is 4.00. The predicted molar refractivity (Wildman–Crippen MR) is 86.1 cm³/mol. The summed E-state index contributed by atoms with van der Waals surface area (Å²) in [5.41, 5.74) is -0.393. The van der Waals surface area contributed by atoms with E-state index in [1.54, 1.807) is 12.2 Å². The lowest BCUT2D eigenvalue weighted by Gasteiger charge is -2.29. The Morgan fingerprint density at radius 2 is 2.18 bits per heavy atom. The highest BCUT2D eigenvalue weighted by Gasteiger charge is 2.30. The smallest absolute Gasteiger partial charge is 0.223 e. The Balaban J connectivity index is 2.97. The van der Waals surface area contributed by atoms with Gasteiger partial charge in [0.15, 0.2) is 0 Å². The quantitative estimate of drug-likeness (QED) is 0.456. The molecule has 0 unspecified atom stereocenters. The van der Waals surface area contributed by atoms with E-state index in [2.05, 4.69) is 11.9 Å². The fourth-order valence-corrected chi connectivity index (χ4v) is 2.39. The van der Waals surface area contributed by atoms with Crippen LogP contribution in [0.15, 0.2) is 36.5 Å². The Morgan fingerprint density at radius 1 is 1.50 bits per heavy atom. The van der Waals surface area contributed by atoms with Crippen molar-refractivity contribution in [1.29, 1.82) is 0 Å². The second-order valence-corrected chi connectivity index (χ2v) is 6.13. The first-order valence-corrected chi connectivity index (χ1v) is 7.60. The van der Waals surface area contributed by atoms with E-state index in [1.807, 2.05) is 13.0 Å². The molecule has 5 heteroatoms. The van der Waals surface area contributed by atoms with Crippen LogP contribution in [-0.4, -0.2) is 45.1 Å². The van der Waals surface area contributed by atoms with Crippen LogP contribution in [0.5, 0.6) is 0 Å². The second-order valence-electron chi connectivity index (χ2n) is 6.13. The Morgan fingerprint density at radius 3 is 2.82 bits per heavy atom. The third-order valence-electron chi connectivity index (χ3n) is 4.00. The summed E-state index contributed by atoms with van der Waals surface area (Å²) in [5.74, 6) is -0.233. The molecule has 0 aliphatic carbocycles. The minimum Gasteiger partial charge on any atom is -0.393 e. The van der Waals surface area contributed by atoms with Gasteiger partial charge in [-0.1, -0.05) is 36.5 Å². The molecular formula is C17H27NO4. The van der Waals surface area contributed by atoms with Gasteiger partial charge in [-0.3, -0.25) is 4.79 Å². The topological polar surface area (TPSA) is 89.8 Å². The third kappa shape index (κ3) is 5.75. The van der Waals surface area contributed by atoms with Gasteiger partial charge in [-0.25, -0.2) is 0 Å². The van der Waals surface area contributed by atoms with Gasteiger partial charge in [0.25, 0.3) is 0 Å². The summed E-state index contributed by atoms with van der Waals surface area (Å²) >= 11 is 0. The first kappa shape index (κ1) is 18.6. The van der Waals surface area contributed by atoms with Crippen molar-refractivity contribution in [2.45, 2.75) is 63.4 Å². The van der Waals surface area contributed by atoms with E-state index < -0.39 is 17.8 Å². The first-order chi connectivity index (χ1) is 10.3. The van der Waals surface area contributed by atoms with Crippen molar-refractivity contribution in [3.63, 3.8) is 0 Å². The van der Waals surface area contributed by atoms with Crippen LogP contribution in [0.25, 0.3) is 0 Å². The van der Waals surface area contributed by atoms with E-state index in [-0.39, 0.29) is 31.2 Å². The highest BCUT2D eigenvalue weighted by Crippen LogP contribution is 2.21. The molecule has 0 aromatic rings. The molecule has 1 rings (SSSR count). The summed E-state index contributed by atoms with van der Waals surface area (Å²) in [4.78, 5) is 12.0. The molecule has 1 amide bonds. The van der Waals surface area contributed by atoms with Crippen molar-refractivity contribution < 1.29 is 20.1 Å². The number of nitrogens with one attached hydrogen (secondary N) is 1. The summed E-state index contributed by atoms with van der Waals surface area (Å²) in [5, 5.41) is 33.1. The van der Waals surface area contributed by atoms with Crippen molar-refractivity contribution in [1.82, 2.24) is 5.32 Å². The normalized spacial score (nSPS) is 36.7. The highest BCUT2D eigenvalue weighted by molar-refractivity contribution is 5.77. The molecule has 0 saturated heterocycles. The fraction of sp³-hybridized carbons (Fsp3) is 0.588. The van der Waals surface area contributed by atoms with Crippen LogP contribution in [0.4, 0.5) is 0 Å². The molecule has 4 N–H and O–H groups in total. The number of carbonyl (C=O) groups excluding carboxylic acids is 1. The van der Waals surface area contributed by atoms with Crippen molar-refractivity contribution in [3.8, 4) is 0 Å². The number of hydrogen-bond donors (Lipinski definition) is 4. The van der Waals surface area contributed by atoms with Gasteiger partial charge in [-0.2, -0.15) is 0 Å². The van der Waals surface area contributed by atoms with E-state index in [0.717, 1.165) is 5.57 Å². The zero-order valence-corrected chi connectivity index (χ0v) is 13.3. The molecule has 0 bridgehead atoms. The second kappa shape index (κ2) is 8.27. The number of amides is 1. The highest BCUT2D eigenvalue weighted by atomic mass is 16.3. The Labute approximate surface area is 132 Å². The van der Waals surface area contributed by atoms with E-state index in [1.165, 1.54) is 13.0 Å². The Hall–Kier alpha value is -1.43. The number of allylic oxidation sites excluding steroid dienone is 2. The van der Waals surface area contributed by atoms with Crippen molar-refractivity contribution in [3.05, 3.63) is 36.5 Å². The lowest BCUT2D eigenvalue weighted by atomic mass is 9.90. The van der Waals surface area contributed by atoms with E-state index in [4.69, 9.17) is 0 Å². The maximum absolute atomic E-state index is 12.0. The number of carbonyl (C=O) groups is 1. The number of aliphatic hydroxyl groups excluding tert-OH is 2. The largest absolute Gasteiger partial charge is 0.393 e. The molecule has 0 saturated carbocycles. The van der Waals surface area contributed by atoms with Gasteiger partial charge >= 0.3 is 0 Å². The Bertz CT molecular complexity index is 454. The molecule has 22 heavy (non-hydrogen) atoms. The zero-order valence-electron chi connectivity index (χ0n) is 13.3. The average Bonchev–Trinajstić information content (AvgIpc) is 2.43. The van der Waals surface area contributed by atoms with Gasteiger partial charge in [0.05, 0.1) is 24.2 Å². The predicted octanol–water partition coefficient (Wildman–Crippen LogP) is 1.21. The molecular weight excluding hydrogens is 282 g/mol. The summed E-state index contributed by atoms with van der Waals surface area (Å²) < 4.78 is 0. The fourth-order valence-electron chi connectivity index (χ4n) is 2.39. The van der Waals surface area contributed by atoms with Gasteiger partial charge in [0.2, 0.25) is 5.91 Å². The number of aliphatic hydroxyl groups is 3. The number of rotatable bonds is 2. The van der Waals surface area contributed by atoms with Crippen LogP contribution in [0.2, 0.25) is 0 Å².